The number of fused-ring (bicyclic) bond motifs is 1. The molecule has 0 unspecified atom stereocenters. The highest BCUT2D eigenvalue weighted by molar-refractivity contribution is 7.22. The first kappa shape index (κ1) is 18.8. The summed E-state index contributed by atoms with van der Waals surface area (Å²) in [5.74, 6) is 0.319. The third-order valence-electron chi connectivity index (χ3n) is 4.54. The summed E-state index contributed by atoms with van der Waals surface area (Å²) in [4.78, 5) is 29.8. The number of aryl methyl sites for hydroxylation is 1. The first-order chi connectivity index (χ1) is 14.0. The number of hydrogen-bond acceptors (Lipinski definition) is 6. The van der Waals surface area contributed by atoms with Crippen molar-refractivity contribution in [3.05, 3.63) is 87.9 Å². The summed E-state index contributed by atoms with van der Waals surface area (Å²) in [7, 11) is 0. The van der Waals surface area contributed by atoms with Gasteiger partial charge in [0.2, 0.25) is 0 Å². The summed E-state index contributed by atoms with van der Waals surface area (Å²) < 4.78 is 6.43. The molecular formula is C21H17N3O4S. The topological polar surface area (TPSA) is 89.5 Å². The molecule has 0 fully saturated rings. The molecule has 0 radical (unpaired) electrons. The fraction of sp³-hybridized carbons (Fsp3) is 0.143. The van der Waals surface area contributed by atoms with Gasteiger partial charge in [0.05, 0.1) is 27.9 Å². The van der Waals surface area contributed by atoms with Crippen LogP contribution in [0, 0.1) is 10.1 Å². The fourth-order valence-corrected chi connectivity index (χ4v) is 3.99. The van der Waals surface area contributed by atoms with Crippen molar-refractivity contribution in [3.63, 3.8) is 0 Å². The van der Waals surface area contributed by atoms with Gasteiger partial charge in [-0.25, -0.2) is 4.98 Å². The van der Waals surface area contributed by atoms with Crippen molar-refractivity contribution in [1.82, 2.24) is 4.98 Å². The minimum absolute atomic E-state index is 0.0637. The molecular weight excluding hydrogens is 390 g/mol. The zero-order valence-corrected chi connectivity index (χ0v) is 16.4. The lowest BCUT2D eigenvalue weighted by Crippen LogP contribution is -2.30. The number of carbonyl (C=O) groups is 1. The van der Waals surface area contributed by atoms with Gasteiger partial charge in [-0.15, -0.1) is 0 Å². The predicted molar refractivity (Wildman–Crippen MR) is 111 cm³/mol. The Kier molecular flexibility index (Phi) is 5.09. The normalized spacial score (nSPS) is 10.9. The highest BCUT2D eigenvalue weighted by Crippen LogP contribution is 2.32. The second kappa shape index (κ2) is 7.84. The van der Waals surface area contributed by atoms with Crippen LogP contribution in [-0.4, -0.2) is 15.8 Å². The Bertz CT molecular complexity index is 1170. The van der Waals surface area contributed by atoms with Crippen LogP contribution < -0.4 is 4.90 Å². The van der Waals surface area contributed by atoms with E-state index in [1.165, 1.54) is 46.1 Å². The number of thiazole rings is 1. The van der Waals surface area contributed by atoms with Gasteiger partial charge in [-0.1, -0.05) is 24.3 Å². The first-order valence-corrected chi connectivity index (χ1v) is 9.85. The van der Waals surface area contributed by atoms with E-state index in [2.05, 4.69) is 18.0 Å². The van der Waals surface area contributed by atoms with E-state index in [1.54, 1.807) is 18.4 Å². The Morgan fingerprint density at radius 1 is 1.21 bits per heavy atom. The number of non-ortho nitro benzene ring substituents is 1. The Balaban J connectivity index is 1.73. The van der Waals surface area contributed by atoms with Crippen molar-refractivity contribution in [2.45, 2.75) is 19.9 Å². The molecule has 8 heteroatoms. The summed E-state index contributed by atoms with van der Waals surface area (Å²) in [5, 5.41) is 11.4. The van der Waals surface area contributed by atoms with E-state index in [9.17, 15) is 14.9 Å². The van der Waals surface area contributed by atoms with Crippen molar-refractivity contribution < 1.29 is 14.1 Å². The second-order valence-corrected chi connectivity index (χ2v) is 7.44. The second-order valence-electron chi connectivity index (χ2n) is 6.43. The van der Waals surface area contributed by atoms with Crippen molar-refractivity contribution in [1.29, 1.82) is 0 Å². The molecule has 4 rings (SSSR count). The Hall–Kier alpha value is -3.52. The third-order valence-corrected chi connectivity index (χ3v) is 5.59. The number of anilines is 1. The third kappa shape index (κ3) is 3.88. The summed E-state index contributed by atoms with van der Waals surface area (Å²) in [5.41, 5.74) is 2.30. The van der Waals surface area contributed by atoms with Crippen LogP contribution in [0.5, 0.6) is 0 Å². The molecule has 0 bridgehead atoms. The van der Waals surface area contributed by atoms with E-state index in [0.717, 1.165) is 16.6 Å². The number of furan rings is 1. The Morgan fingerprint density at radius 3 is 2.66 bits per heavy atom. The predicted octanol–water partition coefficient (Wildman–Crippen LogP) is 5.21. The van der Waals surface area contributed by atoms with Crippen LogP contribution in [0.2, 0.25) is 0 Å². The maximum Gasteiger partial charge on any atom is 0.269 e. The van der Waals surface area contributed by atoms with Crippen LogP contribution in [0.1, 0.15) is 28.6 Å². The average molecular weight is 407 g/mol. The molecule has 2 aromatic heterocycles. The quantitative estimate of drug-likeness (QED) is 0.323. The van der Waals surface area contributed by atoms with E-state index in [0.29, 0.717) is 16.5 Å². The van der Waals surface area contributed by atoms with Crippen molar-refractivity contribution in [2.75, 3.05) is 4.90 Å². The van der Waals surface area contributed by atoms with Gasteiger partial charge in [0.1, 0.15) is 5.76 Å². The Labute approximate surface area is 170 Å². The van der Waals surface area contributed by atoms with Crippen molar-refractivity contribution in [3.8, 4) is 0 Å². The smallest absolute Gasteiger partial charge is 0.269 e. The van der Waals surface area contributed by atoms with Crippen LogP contribution in [0.3, 0.4) is 0 Å². The lowest BCUT2D eigenvalue weighted by Gasteiger charge is -2.18. The fourth-order valence-electron chi connectivity index (χ4n) is 2.96. The van der Waals surface area contributed by atoms with Gasteiger partial charge in [-0.2, -0.15) is 0 Å². The first-order valence-electron chi connectivity index (χ1n) is 9.03. The maximum absolute atomic E-state index is 13.2. The minimum Gasteiger partial charge on any atom is -0.467 e. The van der Waals surface area contributed by atoms with E-state index < -0.39 is 4.92 Å². The highest BCUT2D eigenvalue weighted by Gasteiger charge is 2.23. The van der Waals surface area contributed by atoms with Gasteiger partial charge in [-0.3, -0.25) is 19.8 Å². The standard InChI is InChI=1S/C21H17N3O4S/c1-2-14-5-10-18-19(12-14)29-21(22-18)23(13-17-4-3-11-28-17)20(25)15-6-8-16(9-7-15)24(26)27/h3-12H,2,13H2,1H3. The molecule has 1 amide bonds. The van der Waals surface area contributed by atoms with E-state index in [-0.39, 0.29) is 18.1 Å². The number of nitro benzene ring substituents is 1. The van der Waals surface area contributed by atoms with Crippen LogP contribution in [0.15, 0.2) is 65.3 Å². The molecule has 0 aliphatic carbocycles. The minimum atomic E-state index is -0.492. The SMILES string of the molecule is CCc1ccc2nc(N(Cc3ccco3)C(=O)c3ccc([N+](=O)[O-])cc3)sc2c1. The molecule has 2 aromatic carbocycles. The van der Waals surface area contributed by atoms with Crippen LogP contribution in [-0.2, 0) is 13.0 Å². The lowest BCUT2D eigenvalue weighted by atomic mass is 10.2. The number of aromatic nitrogens is 1. The van der Waals surface area contributed by atoms with Gasteiger partial charge < -0.3 is 4.42 Å². The monoisotopic (exact) mass is 407 g/mol. The molecule has 0 aliphatic rings. The van der Waals surface area contributed by atoms with Gasteiger partial charge in [0.25, 0.3) is 11.6 Å². The Morgan fingerprint density at radius 2 is 2.00 bits per heavy atom. The van der Waals surface area contributed by atoms with Gasteiger partial charge >= 0.3 is 0 Å². The molecule has 0 N–H and O–H groups in total. The van der Waals surface area contributed by atoms with Gasteiger partial charge in [0.15, 0.2) is 5.13 Å². The number of nitrogens with zero attached hydrogens (tertiary/aromatic N) is 3. The summed E-state index contributed by atoms with van der Waals surface area (Å²) in [6, 6.07) is 15.2. The maximum atomic E-state index is 13.2. The number of carbonyl (C=O) groups excluding carboxylic acids is 1. The molecule has 0 spiro atoms. The molecule has 2 heterocycles. The number of rotatable bonds is 6. The summed E-state index contributed by atoms with van der Waals surface area (Å²) in [6.45, 7) is 2.30. The number of nitro groups is 1. The zero-order chi connectivity index (χ0) is 20.4. The number of amides is 1. The lowest BCUT2D eigenvalue weighted by molar-refractivity contribution is -0.384. The molecule has 29 heavy (non-hydrogen) atoms. The molecule has 146 valence electrons. The summed E-state index contributed by atoms with van der Waals surface area (Å²) in [6.07, 6.45) is 2.47. The van der Waals surface area contributed by atoms with E-state index >= 15 is 0 Å². The summed E-state index contributed by atoms with van der Waals surface area (Å²) >= 11 is 1.43. The molecule has 0 saturated heterocycles. The van der Waals surface area contributed by atoms with Gasteiger partial charge in [-0.05, 0) is 48.4 Å². The highest BCUT2D eigenvalue weighted by atomic mass is 32.1. The van der Waals surface area contributed by atoms with Crippen LogP contribution in [0.4, 0.5) is 10.8 Å². The van der Waals surface area contributed by atoms with E-state index in [4.69, 9.17) is 4.42 Å². The number of benzene rings is 2. The zero-order valence-electron chi connectivity index (χ0n) is 15.6. The van der Waals surface area contributed by atoms with Crippen LogP contribution >= 0.6 is 11.3 Å². The largest absolute Gasteiger partial charge is 0.467 e. The molecule has 0 atom stereocenters. The molecule has 4 aromatic rings. The number of hydrogen-bond donors (Lipinski definition) is 0. The molecule has 0 saturated carbocycles. The molecule has 0 aliphatic heterocycles. The van der Waals surface area contributed by atoms with Crippen molar-refractivity contribution >= 4 is 38.3 Å². The van der Waals surface area contributed by atoms with E-state index in [1.807, 2.05) is 12.1 Å². The van der Waals surface area contributed by atoms with Crippen LogP contribution in [0.25, 0.3) is 10.2 Å². The van der Waals surface area contributed by atoms with Gasteiger partial charge in [0, 0.05) is 17.7 Å². The molecule has 7 nitrogen and oxygen atoms in total. The average Bonchev–Trinajstić information content (AvgIpc) is 3.40. The van der Waals surface area contributed by atoms with Crippen molar-refractivity contribution in [2.24, 2.45) is 0 Å².